The van der Waals surface area contributed by atoms with Gasteiger partial charge >= 0.3 is 0 Å². The van der Waals surface area contributed by atoms with E-state index in [9.17, 15) is 4.79 Å². The van der Waals surface area contributed by atoms with Gasteiger partial charge in [-0.1, -0.05) is 0 Å². The summed E-state index contributed by atoms with van der Waals surface area (Å²) in [5.41, 5.74) is 3.07. The van der Waals surface area contributed by atoms with Gasteiger partial charge in [0.25, 0.3) is 0 Å². The zero-order chi connectivity index (χ0) is 12.3. The van der Waals surface area contributed by atoms with E-state index in [1.165, 1.54) is 0 Å². The Morgan fingerprint density at radius 1 is 1.35 bits per heavy atom. The third-order valence-electron chi connectivity index (χ3n) is 2.43. The van der Waals surface area contributed by atoms with Crippen molar-refractivity contribution in [1.82, 2.24) is 15.0 Å². The number of carbonyl (C=O) groups is 1. The lowest BCUT2D eigenvalue weighted by Gasteiger charge is -2.02. The lowest BCUT2D eigenvalue weighted by atomic mass is 10.2. The van der Waals surface area contributed by atoms with E-state index in [4.69, 9.17) is 0 Å². The van der Waals surface area contributed by atoms with Crippen molar-refractivity contribution in [1.29, 1.82) is 0 Å². The Balaban J connectivity index is 2.01. The Morgan fingerprint density at radius 2 is 2.06 bits per heavy atom. The summed E-state index contributed by atoms with van der Waals surface area (Å²) < 4.78 is 0. The highest BCUT2D eigenvalue weighted by molar-refractivity contribution is 5.90. The normalized spacial score (nSPS) is 10.2. The molecule has 0 atom stereocenters. The van der Waals surface area contributed by atoms with Crippen molar-refractivity contribution in [3.05, 3.63) is 41.5 Å². The van der Waals surface area contributed by atoms with Crippen LogP contribution in [0.15, 0.2) is 24.5 Å². The molecule has 5 heteroatoms. The van der Waals surface area contributed by atoms with Crippen molar-refractivity contribution in [3.63, 3.8) is 0 Å². The first-order valence-corrected chi connectivity index (χ1v) is 5.37. The first kappa shape index (κ1) is 11.3. The predicted molar refractivity (Wildman–Crippen MR) is 64.6 cm³/mol. The van der Waals surface area contributed by atoms with Gasteiger partial charge in [0.15, 0.2) is 0 Å². The van der Waals surface area contributed by atoms with Crippen LogP contribution in [0.25, 0.3) is 0 Å². The van der Waals surface area contributed by atoms with E-state index in [1.54, 1.807) is 18.5 Å². The SMILES string of the molecule is Cc1cc(CC(=O)Nc2ncccn2)c(C)[nH]1. The maximum Gasteiger partial charge on any atom is 0.231 e. The summed E-state index contributed by atoms with van der Waals surface area (Å²) in [5.74, 6) is 0.223. The molecule has 0 aliphatic rings. The summed E-state index contributed by atoms with van der Waals surface area (Å²) in [5, 5.41) is 2.65. The van der Waals surface area contributed by atoms with Crippen LogP contribution in [0.2, 0.25) is 0 Å². The molecule has 88 valence electrons. The third kappa shape index (κ3) is 2.90. The number of hydrogen-bond donors (Lipinski definition) is 2. The number of aromatic amines is 1. The highest BCUT2D eigenvalue weighted by Crippen LogP contribution is 2.10. The minimum absolute atomic E-state index is 0.113. The molecule has 0 fully saturated rings. The van der Waals surface area contributed by atoms with Crippen molar-refractivity contribution >= 4 is 11.9 Å². The van der Waals surface area contributed by atoms with E-state index in [-0.39, 0.29) is 5.91 Å². The number of rotatable bonds is 3. The molecular formula is C12H14N4O. The molecule has 2 aromatic rings. The smallest absolute Gasteiger partial charge is 0.231 e. The Hall–Kier alpha value is -2.17. The van der Waals surface area contributed by atoms with Crippen LogP contribution in [0.1, 0.15) is 17.0 Å². The molecule has 2 aromatic heterocycles. The maximum atomic E-state index is 11.7. The van der Waals surface area contributed by atoms with Crippen LogP contribution in [-0.4, -0.2) is 20.9 Å². The number of aryl methyl sites for hydroxylation is 2. The molecule has 0 saturated carbocycles. The van der Waals surface area contributed by atoms with Gasteiger partial charge in [-0.25, -0.2) is 9.97 Å². The molecule has 0 bridgehead atoms. The largest absolute Gasteiger partial charge is 0.362 e. The number of nitrogens with one attached hydrogen (secondary N) is 2. The summed E-state index contributed by atoms with van der Waals surface area (Å²) in [6.45, 7) is 3.92. The highest BCUT2D eigenvalue weighted by atomic mass is 16.1. The number of carbonyl (C=O) groups excluding carboxylic acids is 1. The summed E-state index contributed by atoms with van der Waals surface area (Å²) in [6.07, 6.45) is 3.51. The van der Waals surface area contributed by atoms with Gasteiger partial charge in [-0.2, -0.15) is 0 Å². The topological polar surface area (TPSA) is 70.7 Å². The van der Waals surface area contributed by atoms with E-state index < -0.39 is 0 Å². The number of nitrogens with zero attached hydrogens (tertiary/aromatic N) is 2. The average Bonchev–Trinajstić information content (AvgIpc) is 2.58. The lowest BCUT2D eigenvalue weighted by Crippen LogP contribution is -2.16. The molecule has 2 N–H and O–H groups in total. The van der Waals surface area contributed by atoms with Crippen LogP contribution in [0.4, 0.5) is 5.95 Å². The van der Waals surface area contributed by atoms with Crippen molar-refractivity contribution in [2.75, 3.05) is 5.32 Å². The van der Waals surface area contributed by atoms with Crippen LogP contribution in [0, 0.1) is 13.8 Å². The second kappa shape index (κ2) is 4.78. The molecular weight excluding hydrogens is 216 g/mol. The molecule has 2 rings (SSSR count). The summed E-state index contributed by atoms with van der Waals surface area (Å²) in [7, 11) is 0. The molecule has 17 heavy (non-hydrogen) atoms. The molecule has 0 radical (unpaired) electrons. The Bertz CT molecular complexity index is 519. The zero-order valence-electron chi connectivity index (χ0n) is 9.82. The van der Waals surface area contributed by atoms with Gasteiger partial charge in [0.2, 0.25) is 11.9 Å². The second-order valence-corrected chi connectivity index (χ2v) is 3.90. The number of anilines is 1. The molecule has 0 saturated heterocycles. The Labute approximate surface area is 99.3 Å². The zero-order valence-corrected chi connectivity index (χ0v) is 9.82. The number of aromatic nitrogens is 3. The van der Waals surface area contributed by atoms with Crippen LogP contribution < -0.4 is 5.32 Å². The van der Waals surface area contributed by atoms with E-state index in [0.717, 1.165) is 17.0 Å². The molecule has 2 heterocycles. The van der Waals surface area contributed by atoms with Crippen molar-refractivity contribution < 1.29 is 4.79 Å². The fourth-order valence-electron chi connectivity index (χ4n) is 1.67. The standard InChI is InChI=1S/C12H14N4O/c1-8-6-10(9(2)15-8)7-11(17)16-12-13-4-3-5-14-12/h3-6,15H,7H2,1-2H3,(H,13,14,16,17). The fraction of sp³-hybridized carbons (Fsp3) is 0.250. The minimum atomic E-state index is -0.113. The number of H-pyrrole nitrogens is 1. The van der Waals surface area contributed by atoms with E-state index >= 15 is 0 Å². The van der Waals surface area contributed by atoms with Crippen molar-refractivity contribution in [2.45, 2.75) is 20.3 Å². The quantitative estimate of drug-likeness (QED) is 0.841. The van der Waals surface area contributed by atoms with Gasteiger partial charge in [0.05, 0.1) is 6.42 Å². The van der Waals surface area contributed by atoms with E-state index in [0.29, 0.717) is 12.4 Å². The first-order chi connectivity index (χ1) is 8.15. The highest BCUT2D eigenvalue weighted by Gasteiger charge is 2.09. The Morgan fingerprint density at radius 3 is 2.65 bits per heavy atom. The van der Waals surface area contributed by atoms with Crippen LogP contribution in [0.3, 0.4) is 0 Å². The maximum absolute atomic E-state index is 11.7. The van der Waals surface area contributed by atoms with Gasteiger partial charge in [0, 0.05) is 23.8 Å². The lowest BCUT2D eigenvalue weighted by molar-refractivity contribution is -0.115. The fourth-order valence-corrected chi connectivity index (χ4v) is 1.67. The average molecular weight is 230 g/mol. The molecule has 5 nitrogen and oxygen atoms in total. The molecule has 0 unspecified atom stereocenters. The number of amides is 1. The van der Waals surface area contributed by atoms with Crippen LogP contribution >= 0.6 is 0 Å². The summed E-state index contributed by atoms with van der Waals surface area (Å²) >= 11 is 0. The molecule has 0 aliphatic carbocycles. The summed E-state index contributed by atoms with van der Waals surface area (Å²) in [6, 6.07) is 3.68. The molecule has 0 aromatic carbocycles. The van der Waals surface area contributed by atoms with Gasteiger partial charge in [-0.3, -0.25) is 10.1 Å². The predicted octanol–water partition coefficient (Wildman–Crippen LogP) is 1.60. The van der Waals surface area contributed by atoms with Crippen LogP contribution in [-0.2, 0) is 11.2 Å². The van der Waals surface area contributed by atoms with Gasteiger partial charge in [-0.15, -0.1) is 0 Å². The molecule has 0 spiro atoms. The summed E-state index contributed by atoms with van der Waals surface area (Å²) in [4.78, 5) is 22.8. The minimum Gasteiger partial charge on any atom is -0.362 e. The van der Waals surface area contributed by atoms with Gasteiger partial charge in [-0.05, 0) is 31.5 Å². The van der Waals surface area contributed by atoms with Gasteiger partial charge < -0.3 is 4.98 Å². The molecule has 1 amide bonds. The number of hydrogen-bond acceptors (Lipinski definition) is 3. The van der Waals surface area contributed by atoms with Crippen molar-refractivity contribution in [3.8, 4) is 0 Å². The first-order valence-electron chi connectivity index (χ1n) is 5.37. The third-order valence-corrected chi connectivity index (χ3v) is 2.43. The van der Waals surface area contributed by atoms with Crippen molar-refractivity contribution in [2.24, 2.45) is 0 Å². The van der Waals surface area contributed by atoms with E-state index in [2.05, 4.69) is 20.3 Å². The monoisotopic (exact) mass is 230 g/mol. The Kier molecular flexibility index (Phi) is 3.18. The molecule has 0 aliphatic heterocycles. The van der Waals surface area contributed by atoms with E-state index in [1.807, 2.05) is 19.9 Å². The van der Waals surface area contributed by atoms with Crippen LogP contribution in [0.5, 0.6) is 0 Å². The second-order valence-electron chi connectivity index (χ2n) is 3.90. The van der Waals surface area contributed by atoms with Gasteiger partial charge in [0.1, 0.15) is 0 Å².